The van der Waals surface area contributed by atoms with E-state index in [1.165, 1.54) is 0 Å². The van der Waals surface area contributed by atoms with Crippen molar-refractivity contribution >= 4 is 17.5 Å². The molecule has 0 radical (unpaired) electrons. The number of hydrogen-bond donors (Lipinski definition) is 1. The van der Waals surface area contributed by atoms with E-state index >= 15 is 0 Å². The Bertz CT molecular complexity index is 596. The SMILES string of the molecule is CC(Oc1ccc(COc2ccc(Cl)cc2)cc1)C(N)=O. The van der Waals surface area contributed by atoms with Crippen LogP contribution < -0.4 is 15.2 Å². The van der Waals surface area contributed by atoms with Crippen LogP contribution in [0.1, 0.15) is 12.5 Å². The molecule has 2 N–H and O–H groups in total. The van der Waals surface area contributed by atoms with Crippen molar-refractivity contribution in [3.8, 4) is 11.5 Å². The maximum atomic E-state index is 10.9. The van der Waals surface area contributed by atoms with Crippen LogP contribution in [0.15, 0.2) is 48.5 Å². The summed E-state index contributed by atoms with van der Waals surface area (Å²) in [5, 5.41) is 0.674. The molecular weight excluding hydrogens is 290 g/mol. The highest BCUT2D eigenvalue weighted by molar-refractivity contribution is 6.30. The van der Waals surface area contributed by atoms with E-state index in [0.29, 0.717) is 17.4 Å². The van der Waals surface area contributed by atoms with Crippen molar-refractivity contribution in [1.29, 1.82) is 0 Å². The van der Waals surface area contributed by atoms with E-state index in [9.17, 15) is 4.79 Å². The van der Waals surface area contributed by atoms with Gasteiger partial charge in [0.05, 0.1) is 0 Å². The molecule has 0 saturated heterocycles. The Morgan fingerprint density at radius 2 is 1.67 bits per heavy atom. The summed E-state index contributed by atoms with van der Waals surface area (Å²) in [5.41, 5.74) is 6.13. The fourth-order valence-electron chi connectivity index (χ4n) is 1.62. The molecule has 0 aliphatic heterocycles. The van der Waals surface area contributed by atoms with Gasteiger partial charge in [0.25, 0.3) is 5.91 Å². The van der Waals surface area contributed by atoms with Crippen molar-refractivity contribution < 1.29 is 14.3 Å². The first-order valence-corrected chi connectivity index (χ1v) is 6.85. The number of halogens is 1. The molecule has 1 atom stereocenters. The summed E-state index contributed by atoms with van der Waals surface area (Å²) in [5.74, 6) is 0.851. The highest BCUT2D eigenvalue weighted by Crippen LogP contribution is 2.18. The average Bonchev–Trinajstić information content (AvgIpc) is 2.48. The van der Waals surface area contributed by atoms with Gasteiger partial charge in [0.2, 0.25) is 0 Å². The Morgan fingerprint density at radius 3 is 2.24 bits per heavy atom. The summed E-state index contributed by atoms with van der Waals surface area (Å²) in [4.78, 5) is 10.9. The fraction of sp³-hybridized carbons (Fsp3) is 0.188. The zero-order valence-corrected chi connectivity index (χ0v) is 12.3. The van der Waals surface area contributed by atoms with Crippen LogP contribution >= 0.6 is 11.6 Å². The van der Waals surface area contributed by atoms with Crippen LogP contribution in [0.25, 0.3) is 0 Å². The minimum atomic E-state index is -0.652. The molecule has 0 fully saturated rings. The van der Waals surface area contributed by atoms with Gasteiger partial charge in [-0.05, 0) is 48.9 Å². The van der Waals surface area contributed by atoms with Gasteiger partial charge in [-0.15, -0.1) is 0 Å². The zero-order chi connectivity index (χ0) is 15.2. The quantitative estimate of drug-likeness (QED) is 0.891. The predicted octanol–water partition coefficient (Wildman–Crippen LogP) is 3.17. The first-order valence-electron chi connectivity index (χ1n) is 6.48. The smallest absolute Gasteiger partial charge is 0.258 e. The first-order chi connectivity index (χ1) is 10.0. The average molecular weight is 306 g/mol. The number of benzene rings is 2. The van der Waals surface area contributed by atoms with Gasteiger partial charge in [-0.1, -0.05) is 23.7 Å². The van der Waals surface area contributed by atoms with Crippen molar-refractivity contribution in [3.63, 3.8) is 0 Å². The molecule has 2 aromatic rings. The molecule has 2 rings (SSSR count). The molecule has 0 heterocycles. The fourth-order valence-corrected chi connectivity index (χ4v) is 1.75. The molecule has 1 amide bonds. The number of primary amides is 1. The third-order valence-electron chi connectivity index (χ3n) is 2.86. The summed E-state index contributed by atoms with van der Waals surface area (Å²) in [6, 6.07) is 14.5. The second-order valence-electron chi connectivity index (χ2n) is 4.55. The Kier molecular flexibility index (Phi) is 5.06. The Balaban J connectivity index is 1.90. The van der Waals surface area contributed by atoms with Crippen LogP contribution in [-0.2, 0) is 11.4 Å². The van der Waals surface area contributed by atoms with Crippen molar-refractivity contribution in [2.24, 2.45) is 5.73 Å². The van der Waals surface area contributed by atoms with E-state index in [-0.39, 0.29) is 0 Å². The number of carbonyl (C=O) groups is 1. The summed E-state index contributed by atoms with van der Waals surface area (Å²) < 4.78 is 11.0. The van der Waals surface area contributed by atoms with E-state index in [1.54, 1.807) is 31.2 Å². The van der Waals surface area contributed by atoms with Gasteiger partial charge in [-0.25, -0.2) is 0 Å². The lowest BCUT2D eigenvalue weighted by atomic mass is 10.2. The molecule has 1 unspecified atom stereocenters. The lowest BCUT2D eigenvalue weighted by Crippen LogP contribution is -2.30. The molecule has 5 heteroatoms. The van der Waals surface area contributed by atoms with Gasteiger partial charge in [-0.2, -0.15) is 0 Å². The normalized spacial score (nSPS) is 11.7. The second-order valence-corrected chi connectivity index (χ2v) is 4.99. The summed E-state index contributed by atoms with van der Waals surface area (Å²) in [6.45, 7) is 2.05. The van der Waals surface area contributed by atoms with Crippen molar-refractivity contribution in [1.82, 2.24) is 0 Å². The molecular formula is C16H16ClNO3. The number of amides is 1. The number of ether oxygens (including phenoxy) is 2. The van der Waals surface area contributed by atoms with E-state index in [1.807, 2.05) is 24.3 Å². The molecule has 4 nitrogen and oxygen atoms in total. The summed E-state index contributed by atoms with van der Waals surface area (Å²) >= 11 is 5.81. The maximum absolute atomic E-state index is 10.9. The second kappa shape index (κ2) is 6.99. The predicted molar refractivity (Wildman–Crippen MR) is 81.5 cm³/mol. The molecule has 0 saturated carbocycles. The molecule has 21 heavy (non-hydrogen) atoms. The highest BCUT2D eigenvalue weighted by atomic mass is 35.5. The molecule has 0 spiro atoms. The van der Waals surface area contributed by atoms with Gasteiger partial charge in [-0.3, -0.25) is 4.79 Å². The van der Waals surface area contributed by atoms with Gasteiger partial charge in [0, 0.05) is 5.02 Å². The minimum Gasteiger partial charge on any atom is -0.489 e. The monoisotopic (exact) mass is 305 g/mol. The van der Waals surface area contributed by atoms with E-state index in [0.717, 1.165) is 11.3 Å². The van der Waals surface area contributed by atoms with Crippen LogP contribution in [0.2, 0.25) is 5.02 Å². The van der Waals surface area contributed by atoms with E-state index in [4.69, 9.17) is 26.8 Å². The Morgan fingerprint density at radius 1 is 1.10 bits per heavy atom. The molecule has 0 bridgehead atoms. The third kappa shape index (κ3) is 4.68. The van der Waals surface area contributed by atoms with E-state index in [2.05, 4.69) is 0 Å². The molecule has 110 valence electrons. The summed E-state index contributed by atoms with van der Waals surface area (Å²) in [7, 11) is 0. The van der Waals surface area contributed by atoms with Crippen LogP contribution in [0.5, 0.6) is 11.5 Å². The van der Waals surface area contributed by atoms with Crippen LogP contribution in [0, 0.1) is 0 Å². The van der Waals surface area contributed by atoms with Crippen molar-refractivity contribution in [2.75, 3.05) is 0 Å². The Labute approximate surface area is 128 Å². The summed E-state index contributed by atoms with van der Waals surface area (Å²) in [6.07, 6.45) is -0.652. The minimum absolute atomic E-state index is 0.438. The highest BCUT2D eigenvalue weighted by Gasteiger charge is 2.09. The molecule has 0 aromatic heterocycles. The molecule has 2 aromatic carbocycles. The largest absolute Gasteiger partial charge is 0.489 e. The number of carbonyl (C=O) groups excluding carboxylic acids is 1. The standard InChI is InChI=1S/C16H16ClNO3/c1-11(16(18)19)21-15-6-2-12(3-7-15)10-20-14-8-4-13(17)5-9-14/h2-9,11H,10H2,1H3,(H2,18,19). The first kappa shape index (κ1) is 15.2. The van der Waals surface area contributed by atoms with Gasteiger partial charge in [0.1, 0.15) is 18.1 Å². The van der Waals surface area contributed by atoms with Crippen LogP contribution in [-0.4, -0.2) is 12.0 Å². The van der Waals surface area contributed by atoms with Crippen molar-refractivity contribution in [3.05, 3.63) is 59.1 Å². The van der Waals surface area contributed by atoms with Crippen molar-refractivity contribution in [2.45, 2.75) is 19.6 Å². The van der Waals surface area contributed by atoms with Gasteiger partial charge < -0.3 is 15.2 Å². The number of nitrogens with two attached hydrogens (primary N) is 1. The van der Waals surface area contributed by atoms with Crippen LogP contribution in [0.3, 0.4) is 0 Å². The van der Waals surface area contributed by atoms with Gasteiger partial charge in [0.15, 0.2) is 6.10 Å². The Hall–Kier alpha value is -2.20. The number of hydrogen-bond acceptors (Lipinski definition) is 3. The topological polar surface area (TPSA) is 61.6 Å². The zero-order valence-electron chi connectivity index (χ0n) is 11.6. The maximum Gasteiger partial charge on any atom is 0.258 e. The van der Waals surface area contributed by atoms with E-state index < -0.39 is 12.0 Å². The lowest BCUT2D eigenvalue weighted by Gasteiger charge is -2.12. The van der Waals surface area contributed by atoms with Gasteiger partial charge >= 0.3 is 0 Å². The lowest BCUT2D eigenvalue weighted by molar-refractivity contribution is -0.123. The van der Waals surface area contributed by atoms with Crippen LogP contribution in [0.4, 0.5) is 0 Å². The third-order valence-corrected chi connectivity index (χ3v) is 3.11. The molecule has 0 aliphatic rings. The number of rotatable bonds is 6. The molecule has 0 aliphatic carbocycles.